The number of aliphatic hydroxyl groups excluding tert-OH is 1. The fourth-order valence-corrected chi connectivity index (χ4v) is 8.65. The molecule has 4 aliphatic rings. The van der Waals surface area contributed by atoms with Crippen molar-refractivity contribution >= 4 is 0 Å². The zero-order valence-corrected chi connectivity index (χ0v) is 20.0. The van der Waals surface area contributed by atoms with Gasteiger partial charge >= 0.3 is 0 Å². The van der Waals surface area contributed by atoms with E-state index < -0.39 is 11.7 Å². The lowest BCUT2D eigenvalue weighted by Gasteiger charge is -2.59. The number of hydrogen-bond donors (Lipinski definition) is 2. The predicted molar refractivity (Wildman–Crippen MR) is 120 cm³/mol. The lowest BCUT2D eigenvalue weighted by molar-refractivity contribution is -0.0999. The van der Waals surface area contributed by atoms with E-state index in [2.05, 4.69) is 26.8 Å². The van der Waals surface area contributed by atoms with Gasteiger partial charge in [-0.05, 0) is 106 Å². The van der Waals surface area contributed by atoms with Crippen molar-refractivity contribution in [3.63, 3.8) is 0 Å². The van der Waals surface area contributed by atoms with Crippen molar-refractivity contribution in [3.8, 4) is 0 Å². The highest BCUT2D eigenvalue weighted by molar-refractivity contribution is 5.27. The number of hydrogen-bond acceptors (Lipinski definition) is 2. The van der Waals surface area contributed by atoms with Gasteiger partial charge in [0.1, 0.15) is 0 Å². The Morgan fingerprint density at radius 3 is 2.57 bits per heavy atom. The second kappa shape index (κ2) is 7.89. The van der Waals surface area contributed by atoms with Crippen LogP contribution in [0.25, 0.3) is 0 Å². The molecule has 1 radical (unpaired) electrons. The zero-order chi connectivity index (χ0) is 21.9. The van der Waals surface area contributed by atoms with Gasteiger partial charge in [0.15, 0.2) is 0 Å². The molecule has 0 aromatic carbocycles. The molecule has 0 spiro atoms. The van der Waals surface area contributed by atoms with Crippen LogP contribution in [0.3, 0.4) is 0 Å². The van der Waals surface area contributed by atoms with Crippen molar-refractivity contribution in [2.45, 2.75) is 117 Å². The van der Waals surface area contributed by atoms with E-state index in [0.29, 0.717) is 35.5 Å². The molecule has 3 saturated carbocycles. The first-order valence-corrected chi connectivity index (χ1v) is 12.7. The lowest BCUT2D eigenvalue weighted by atomic mass is 9.46. The van der Waals surface area contributed by atoms with Crippen molar-refractivity contribution in [1.82, 2.24) is 0 Å². The summed E-state index contributed by atoms with van der Waals surface area (Å²) >= 11 is 0. The molecule has 171 valence electrons. The maximum absolute atomic E-state index is 12.2. The normalized spacial score (nSPS) is 47.1. The predicted octanol–water partition coefficient (Wildman–Crippen LogP) is 5.91. The fraction of sp³-hybridized carbons (Fsp3) is 0.926. The van der Waals surface area contributed by atoms with E-state index >= 15 is 0 Å². The molecule has 4 aliphatic carbocycles. The average molecular weight is 418 g/mol. The molecule has 0 saturated heterocycles. The maximum atomic E-state index is 12.2. The highest BCUT2D eigenvalue weighted by atomic mass is 16.3. The Morgan fingerprint density at radius 1 is 1.13 bits per heavy atom. The quantitative estimate of drug-likeness (QED) is 0.546. The summed E-state index contributed by atoms with van der Waals surface area (Å²) in [5, 5.41) is 33.5. The van der Waals surface area contributed by atoms with Crippen LogP contribution in [0.2, 0.25) is 0 Å². The average Bonchev–Trinajstić information content (AvgIpc) is 2.99. The van der Waals surface area contributed by atoms with Crippen LogP contribution < -0.4 is 0 Å². The van der Waals surface area contributed by atoms with E-state index in [4.69, 9.17) is 0 Å². The van der Waals surface area contributed by atoms with Crippen LogP contribution in [0.5, 0.6) is 0 Å². The minimum absolute atomic E-state index is 0.141. The first-order chi connectivity index (χ1) is 14.0. The lowest BCUT2D eigenvalue weighted by Crippen LogP contribution is -2.54. The molecule has 3 nitrogen and oxygen atoms in total. The van der Waals surface area contributed by atoms with Gasteiger partial charge in [-0.3, -0.25) is 0 Å². The Bertz CT molecular complexity index is 664. The third kappa shape index (κ3) is 3.82. The molecule has 0 unspecified atom stereocenters. The monoisotopic (exact) mass is 417 g/mol. The summed E-state index contributed by atoms with van der Waals surface area (Å²) in [7, 11) is 0. The minimum Gasteiger partial charge on any atom is -0.390 e. The Balaban J connectivity index is 1.52. The van der Waals surface area contributed by atoms with E-state index in [1.807, 2.05) is 13.8 Å². The van der Waals surface area contributed by atoms with Gasteiger partial charge in [-0.25, -0.2) is 5.11 Å². The molecule has 0 aromatic heterocycles. The van der Waals surface area contributed by atoms with Crippen LogP contribution in [-0.4, -0.2) is 28.0 Å². The summed E-state index contributed by atoms with van der Waals surface area (Å²) in [4.78, 5) is 0. The van der Waals surface area contributed by atoms with Gasteiger partial charge in [-0.1, -0.05) is 45.3 Å². The van der Waals surface area contributed by atoms with Crippen LogP contribution in [-0.2, 0) is 5.11 Å². The summed E-state index contributed by atoms with van der Waals surface area (Å²) < 4.78 is 0. The summed E-state index contributed by atoms with van der Waals surface area (Å²) in [6, 6.07) is 0. The number of rotatable bonds is 5. The van der Waals surface area contributed by atoms with Crippen LogP contribution in [0.1, 0.15) is 98.8 Å². The van der Waals surface area contributed by atoms with Crippen LogP contribution in [0.4, 0.5) is 0 Å². The van der Waals surface area contributed by atoms with E-state index in [0.717, 1.165) is 31.6 Å². The smallest absolute Gasteiger partial charge is 0.0967 e. The van der Waals surface area contributed by atoms with Gasteiger partial charge in [-0.15, -0.1) is 0 Å². The van der Waals surface area contributed by atoms with E-state index in [-0.39, 0.29) is 11.5 Å². The van der Waals surface area contributed by atoms with Crippen molar-refractivity contribution in [3.05, 3.63) is 11.6 Å². The third-order valence-electron chi connectivity index (χ3n) is 10.3. The minimum atomic E-state index is -0.561. The fourth-order valence-electron chi connectivity index (χ4n) is 8.65. The number of fused-ring (bicyclic) bond motifs is 5. The number of aliphatic hydroxyl groups is 2. The van der Waals surface area contributed by atoms with Crippen molar-refractivity contribution in [2.75, 3.05) is 0 Å². The van der Waals surface area contributed by atoms with Crippen LogP contribution in [0.15, 0.2) is 11.6 Å². The molecule has 0 aromatic rings. The molecule has 2 N–H and O–H groups in total. The second-order valence-electron chi connectivity index (χ2n) is 12.7. The molecule has 0 bridgehead atoms. The standard InChI is InChI=1S/C27H45O3/c1-17(7-6-12-25(2,3)30)20-8-9-21-24-22(11-14-27(20,21)5)26(4)13-10-19(28)15-18(26)16-23(24)29/h16-17,19-24,29-30H,6-15H2,1-5H3/t17-,19+,20-,21+,22+,23+,24+,26+,27-/m1/s1. The molecule has 30 heavy (non-hydrogen) atoms. The van der Waals surface area contributed by atoms with Gasteiger partial charge in [0.05, 0.1) is 17.8 Å². The second-order valence-corrected chi connectivity index (χ2v) is 12.7. The molecule has 0 aliphatic heterocycles. The molecule has 3 heteroatoms. The summed E-state index contributed by atoms with van der Waals surface area (Å²) in [5.74, 6) is 2.93. The summed E-state index contributed by atoms with van der Waals surface area (Å²) in [6.45, 7) is 11.2. The molecule has 3 fully saturated rings. The zero-order valence-electron chi connectivity index (χ0n) is 20.0. The molecule has 9 atom stereocenters. The molecule has 0 amide bonds. The molecular weight excluding hydrogens is 372 g/mol. The first-order valence-electron chi connectivity index (χ1n) is 12.7. The first kappa shape index (κ1) is 22.8. The van der Waals surface area contributed by atoms with Gasteiger partial charge in [0.2, 0.25) is 0 Å². The molecular formula is C27H45O3. The Hall–Kier alpha value is -0.380. The Morgan fingerprint density at radius 2 is 1.87 bits per heavy atom. The van der Waals surface area contributed by atoms with E-state index in [9.17, 15) is 15.3 Å². The highest BCUT2D eigenvalue weighted by Crippen LogP contribution is 2.67. The van der Waals surface area contributed by atoms with Crippen molar-refractivity contribution in [2.24, 2.45) is 40.4 Å². The van der Waals surface area contributed by atoms with Gasteiger partial charge in [0, 0.05) is 0 Å². The van der Waals surface area contributed by atoms with Gasteiger partial charge in [0.25, 0.3) is 0 Å². The largest absolute Gasteiger partial charge is 0.390 e. The van der Waals surface area contributed by atoms with Crippen LogP contribution in [0, 0.1) is 40.4 Å². The van der Waals surface area contributed by atoms with E-state index in [1.165, 1.54) is 37.7 Å². The Labute approximate surface area is 184 Å². The molecule has 0 heterocycles. The van der Waals surface area contributed by atoms with Crippen molar-refractivity contribution < 1.29 is 15.3 Å². The summed E-state index contributed by atoms with van der Waals surface area (Å²) in [5.41, 5.74) is 1.19. The summed E-state index contributed by atoms with van der Waals surface area (Å²) in [6.07, 6.45) is 11.9. The third-order valence-corrected chi connectivity index (χ3v) is 10.3. The van der Waals surface area contributed by atoms with Crippen molar-refractivity contribution in [1.29, 1.82) is 0 Å². The van der Waals surface area contributed by atoms with Gasteiger partial charge in [-0.2, -0.15) is 0 Å². The molecule has 4 rings (SSSR count). The SMILES string of the molecule is C[C@H](CCCC(C)(C)O)[C@H]1CC[C@H]2[C@@H]3[C@@H](O)C=C4C[C@@H]([O])CC[C@]4(C)[C@H]3CC[C@]12C. The van der Waals surface area contributed by atoms with Crippen LogP contribution >= 0.6 is 0 Å². The van der Waals surface area contributed by atoms with E-state index in [1.54, 1.807) is 0 Å². The topological polar surface area (TPSA) is 60.4 Å². The highest BCUT2D eigenvalue weighted by Gasteiger charge is 2.61. The van der Waals surface area contributed by atoms with Gasteiger partial charge < -0.3 is 10.2 Å². The Kier molecular flexibility index (Phi) is 5.99. The maximum Gasteiger partial charge on any atom is 0.0967 e.